The number of amides is 1. The van der Waals surface area contributed by atoms with Gasteiger partial charge in [0.1, 0.15) is 5.82 Å². The van der Waals surface area contributed by atoms with E-state index >= 15 is 0 Å². The van der Waals surface area contributed by atoms with Crippen molar-refractivity contribution in [2.45, 2.75) is 25.7 Å². The number of nitrogens with zero attached hydrogens (tertiary/aromatic N) is 3. The van der Waals surface area contributed by atoms with E-state index in [0.717, 1.165) is 34.1 Å². The van der Waals surface area contributed by atoms with Gasteiger partial charge in [-0.2, -0.15) is 0 Å². The van der Waals surface area contributed by atoms with Crippen molar-refractivity contribution in [1.29, 1.82) is 0 Å². The van der Waals surface area contributed by atoms with Gasteiger partial charge in [-0.25, -0.2) is 9.97 Å². The maximum atomic E-state index is 13.2. The molecular weight excluding hydrogens is 400 g/mol. The number of aromatic nitrogens is 3. The molecule has 32 heavy (non-hydrogen) atoms. The Hall–Kier alpha value is -3.80. The number of aryl methyl sites for hydroxylation is 2. The quantitative estimate of drug-likeness (QED) is 0.489. The van der Waals surface area contributed by atoms with Crippen LogP contribution in [-0.2, 0) is 10.2 Å². The fourth-order valence-electron chi connectivity index (χ4n) is 4.29. The molecule has 6 heteroatoms. The second-order valence-electron chi connectivity index (χ2n) is 8.36. The highest BCUT2D eigenvalue weighted by Gasteiger charge is 2.60. The van der Waals surface area contributed by atoms with Crippen molar-refractivity contribution in [3.8, 4) is 5.75 Å². The number of hydrogen-bond donors (Lipinski definition) is 1. The molecule has 4 aromatic rings. The van der Waals surface area contributed by atoms with Crippen LogP contribution < -0.4 is 10.1 Å². The van der Waals surface area contributed by atoms with Crippen LogP contribution in [0.2, 0.25) is 0 Å². The SMILES string of the molecule is Cc1ncc(OC[C@@]2(c3ccccc3)C[C@H]2C(=O)Nc2ccc3ccncc3c2)c(C)n1. The summed E-state index contributed by atoms with van der Waals surface area (Å²) in [6.45, 7) is 4.15. The number of fused-ring (bicyclic) bond motifs is 1. The number of hydrogen-bond acceptors (Lipinski definition) is 5. The van der Waals surface area contributed by atoms with Crippen molar-refractivity contribution >= 4 is 22.4 Å². The Bertz CT molecular complexity index is 1290. The maximum absolute atomic E-state index is 13.2. The standard InChI is InChI=1S/C26H24N4O2/c1-17-24(15-28-18(2)29-17)32-16-26(21-6-4-3-5-7-21)13-23(26)25(31)30-22-9-8-19-10-11-27-14-20(19)12-22/h3-12,14-15,23H,13,16H2,1-2H3,(H,30,31)/t23-,26+/m0/s1. The molecule has 160 valence electrons. The molecule has 5 rings (SSSR count). The van der Waals surface area contributed by atoms with E-state index in [9.17, 15) is 4.79 Å². The summed E-state index contributed by atoms with van der Waals surface area (Å²) < 4.78 is 6.15. The molecule has 0 saturated heterocycles. The van der Waals surface area contributed by atoms with E-state index in [1.54, 1.807) is 18.6 Å². The first-order chi connectivity index (χ1) is 15.5. The van der Waals surface area contributed by atoms with Gasteiger partial charge < -0.3 is 10.1 Å². The lowest BCUT2D eigenvalue weighted by Gasteiger charge is -2.19. The van der Waals surface area contributed by atoms with E-state index in [-0.39, 0.29) is 17.2 Å². The number of anilines is 1. The average Bonchev–Trinajstić information content (AvgIpc) is 3.55. The Morgan fingerprint density at radius 1 is 1.09 bits per heavy atom. The minimum atomic E-state index is -0.374. The number of carbonyl (C=O) groups excluding carboxylic acids is 1. The van der Waals surface area contributed by atoms with Gasteiger partial charge in [-0.15, -0.1) is 0 Å². The molecule has 0 aliphatic heterocycles. The fraction of sp³-hybridized carbons (Fsp3) is 0.231. The number of benzene rings is 2. The van der Waals surface area contributed by atoms with Crippen LogP contribution in [0.5, 0.6) is 5.75 Å². The van der Waals surface area contributed by atoms with Crippen LogP contribution in [0.1, 0.15) is 23.5 Å². The monoisotopic (exact) mass is 424 g/mol. The molecule has 6 nitrogen and oxygen atoms in total. The average molecular weight is 425 g/mol. The summed E-state index contributed by atoms with van der Waals surface area (Å²) in [4.78, 5) is 26.0. The zero-order chi connectivity index (χ0) is 22.1. The van der Waals surface area contributed by atoms with E-state index < -0.39 is 0 Å². The Kier molecular flexibility index (Phi) is 5.05. The molecule has 1 aliphatic rings. The molecule has 0 bridgehead atoms. The van der Waals surface area contributed by atoms with Gasteiger partial charge in [0, 0.05) is 28.9 Å². The summed E-state index contributed by atoms with van der Waals surface area (Å²) in [6, 6.07) is 17.9. The van der Waals surface area contributed by atoms with Gasteiger partial charge in [-0.05, 0) is 49.4 Å². The van der Waals surface area contributed by atoms with Crippen molar-refractivity contribution in [3.05, 3.63) is 90.3 Å². The maximum Gasteiger partial charge on any atom is 0.228 e. The third-order valence-corrected chi connectivity index (χ3v) is 6.19. The third-order valence-electron chi connectivity index (χ3n) is 6.19. The van der Waals surface area contributed by atoms with Crippen LogP contribution in [0.25, 0.3) is 10.8 Å². The topological polar surface area (TPSA) is 77.0 Å². The highest BCUT2D eigenvalue weighted by atomic mass is 16.5. The first kappa shape index (κ1) is 20.1. The second-order valence-corrected chi connectivity index (χ2v) is 8.36. The lowest BCUT2D eigenvalue weighted by Crippen LogP contribution is -2.26. The number of carbonyl (C=O) groups is 1. The molecule has 1 saturated carbocycles. The van der Waals surface area contributed by atoms with Crippen molar-refractivity contribution in [3.63, 3.8) is 0 Å². The first-order valence-electron chi connectivity index (χ1n) is 10.7. The minimum Gasteiger partial charge on any atom is -0.489 e. The van der Waals surface area contributed by atoms with Gasteiger partial charge >= 0.3 is 0 Å². The fourth-order valence-corrected chi connectivity index (χ4v) is 4.29. The number of rotatable bonds is 6. The Morgan fingerprint density at radius 2 is 1.94 bits per heavy atom. The van der Waals surface area contributed by atoms with Crippen molar-refractivity contribution < 1.29 is 9.53 Å². The molecule has 1 aliphatic carbocycles. The Balaban J connectivity index is 1.37. The number of ether oxygens (including phenoxy) is 1. The van der Waals surface area contributed by atoms with Crippen LogP contribution in [0, 0.1) is 19.8 Å². The van der Waals surface area contributed by atoms with Crippen molar-refractivity contribution in [2.75, 3.05) is 11.9 Å². The first-order valence-corrected chi connectivity index (χ1v) is 10.7. The normalized spacial score (nSPS) is 19.5. The smallest absolute Gasteiger partial charge is 0.228 e. The largest absolute Gasteiger partial charge is 0.489 e. The summed E-state index contributed by atoms with van der Waals surface area (Å²) in [7, 11) is 0. The predicted molar refractivity (Wildman–Crippen MR) is 124 cm³/mol. The van der Waals surface area contributed by atoms with Gasteiger partial charge in [0.2, 0.25) is 5.91 Å². The van der Waals surface area contributed by atoms with Crippen LogP contribution in [0.4, 0.5) is 5.69 Å². The van der Waals surface area contributed by atoms with E-state index in [2.05, 4.69) is 32.4 Å². The van der Waals surface area contributed by atoms with Crippen LogP contribution in [-0.4, -0.2) is 27.5 Å². The third kappa shape index (κ3) is 3.80. The van der Waals surface area contributed by atoms with Crippen molar-refractivity contribution in [2.24, 2.45) is 5.92 Å². The number of pyridine rings is 1. The highest BCUT2D eigenvalue weighted by molar-refractivity contribution is 5.98. The lowest BCUT2D eigenvalue weighted by molar-refractivity contribution is -0.117. The van der Waals surface area contributed by atoms with Crippen molar-refractivity contribution in [1.82, 2.24) is 15.0 Å². The molecule has 1 fully saturated rings. The molecule has 0 radical (unpaired) electrons. The van der Waals surface area contributed by atoms with E-state index in [1.165, 1.54) is 0 Å². The summed E-state index contributed by atoms with van der Waals surface area (Å²) in [5.41, 5.74) is 2.30. The molecule has 2 heterocycles. The van der Waals surface area contributed by atoms with Crippen LogP contribution >= 0.6 is 0 Å². The van der Waals surface area contributed by atoms with Crippen LogP contribution in [0.3, 0.4) is 0 Å². The Morgan fingerprint density at radius 3 is 2.75 bits per heavy atom. The highest BCUT2D eigenvalue weighted by Crippen LogP contribution is 2.55. The van der Waals surface area contributed by atoms with E-state index in [0.29, 0.717) is 18.2 Å². The molecular formula is C26H24N4O2. The van der Waals surface area contributed by atoms with Gasteiger partial charge in [0.05, 0.1) is 24.4 Å². The zero-order valence-corrected chi connectivity index (χ0v) is 18.1. The Labute approximate surface area is 186 Å². The minimum absolute atomic E-state index is 0.00225. The van der Waals surface area contributed by atoms with Gasteiger partial charge in [-0.3, -0.25) is 9.78 Å². The van der Waals surface area contributed by atoms with Crippen LogP contribution in [0.15, 0.2) is 73.2 Å². The van der Waals surface area contributed by atoms with Gasteiger partial charge in [0.25, 0.3) is 0 Å². The van der Waals surface area contributed by atoms with E-state index in [1.807, 2.05) is 56.3 Å². The zero-order valence-electron chi connectivity index (χ0n) is 18.1. The molecule has 1 N–H and O–H groups in total. The summed E-state index contributed by atoms with van der Waals surface area (Å²) in [5, 5.41) is 5.17. The molecule has 2 aromatic heterocycles. The molecule has 0 unspecified atom stereocenters. The second kappa shape index (κ2) is 8.04. The number of nitrogens with one attached hydrogen (secondary N) is 1. The summed E-state index contributed by atoms with van der Waals surface area (Å²) >= 11 is 0. The summed E-state index contributed by atoms with van der Waals surface area (Å²) in [5.74, 6) is 1.18. The van der Waals surface area contributed by atoms with E-state index in [4.69, 9.17) is 4.74 Å². The molecule has 0 spiro atoms. The van der Waals surface area contributed by atoms with Gasteiger partial charge in [0.15, 0.2) is 5.75 Å². The molecule has 2 atom stereocenters. The predicted octanol–water partition coefficient (Wildman–Crippen LogP) is 4.62. The summed E-state index contributed by atoms with van der Waals surface area (Å²) in [6.07, 6.45) is 6.00. The van der Waals surface area contributed by atoms with Gasteiger partial charge in [-0.1, -0.05) is 36.4 Å². The molecule has 1 amide bonds. The lowest BCUT2D eigenvalue weighted by atomic mass is 9.93. The molecule has 2 aromatic carbocycles.